The van der Waals surface area contributed by atoms with Crippen LogP contribution in [0.4, 0.5) is 4.39 Å². The number of benzene rings is 1. The van der Waals surface area contributed by atoms with Crippen LogP contribution in [0, 0.1) is 5.82 Å². The summed E-state index contributed by atoms with van der Waals surface area (Å²) in [4.78, 5) is 11.2. The van der Waals surface area contributed by atoms with Crippen molar-refractivity contribution in [2.24, 2.45) is 0 Å². The quantitative estimate of drug-likeness (QED) is 0.814. The highest BCUT2D eigenvalue weighted by atomic mass is 19.1. The van der Waals surface area contributed by atoms with Gasteiger partial charge in [-0.2, -0.15) is 0 Å². The zero-order chi connectivity index (χ0) is 12.5. The molecule has 4 nitrogen and oxygen atoms in total. The van der Waals surface area contributed by atoms with E-state index in [0.29, 0.717) is 5.56 Å². The van der Waals surface area contributed by atoms with Crippen LogP contribution in [-0.4, -0.2) is 37.4 Å². The molecule has 1 aliphatic rings. The van der Waals surface area contributed by atoms with Crippen molar-refractivity contribution in [2.45, 2.75) is 11.5 Å². The highest BCUT2D eigenvalue weighted by Gasteiger charge is 2.51. The Morgan fingerprint density at radius 2 is 2.18 bits per heavy atom. The van der Waals surface area contributed by atoms with Crippen molar-refractivity contribution in [1.29, 1.82) is 0 Å². The van der Waals surface area contributed by atoms with Gasteiger partial charge in [0.1, 0.15) is 11.9 Å². The molecule has 2 N–H and O–H groups in total. The molecule has 1 fully saturated rings. The summed E-state index contributed by atoms with van der Waals surface area (Å²) in [5.41, 5.74) is -0.417. The van der Waals surface area contributed by atoms with Gasteiger partial charge in [0.15, 0.2) is 0 Å². The van der Waals surface area contributed by atoms with E-state index >= 15 is 0 Å². The third-order valence-electron chi connectivity index (χ3n) is 3.22. The second-order valence-electron chi connectivity index (χ2n) is 4.19. The normalized spacial score (nSPS) is 19.4. The summed E-state index contributed by atoms with van der Waals surface area (Å²) in [6.45, 7) is 0.428. The maximum absolute atomic E-state index is 13.8. The number of nitrogens with one attached hydrogen (secondary N) is 1. The fraction of sp³-hybridized carbons (Fsp3) is 0.417. The topological polar surface area (TPSA) is 58.6 Å². The summed E-state index contributed by atoms with van der Waals surface area (Å²) in [6, 6.07) is 5.39. The molecule has 2 rings (SSSR count). The first kappa shape index (κ1) is 12.0. The average Bonchev–Trinajstić information content (AvgIpc) is 2.24. The van der Waals surface area contributed by atoms with Gasteiger partial charge in [0.25, 0.3) is 0 Å². The zero-order valence-electron chi connectivity index (χ0n) is 9.44. The van der Waals surface area contributed by atoms with E-state index in [1.54, 1.807) is 25.2 Å². The summed E-state index contributed by atoms with van der Waals surface area (Å²) in [5, 5.41) is 11.9. The molecule has 1 aromatic rings. The zero-order valence-corrected chi connectivity index (χ0v) is 9.44. The Balaban J connectivity index is 2.44. The van der Waals surface area contributed by atoms with Crippen LogP contribution in [0.15, 0.2) is 24.3 Å². The number of aliphatic carboxylic acids is 1. The van der Waals surface area contributed by atoms with Crippen LogP contribution >= 0.6 is 0 Å². The highest BCUT2D eigenvalue weighted by Crippen LogP contribution is 2.37. The van der Waals surface area contributed by atoms with Crippen LogP contribution in [0.1, 0.15) is 5.56 Å². The Labute approximate surface area is 98.4 Å². The van der Waals surface area contributed by atoms with Crippen LogP contribution in [0.5, 0.6) is 0 Å². The number of rotatable bonds is 4. The molecule has 1 saturated heterocycles. The molecule has 0 aromatic heterocycles. The Bertz CT molecular complexity index is 432. The van der Waals surface area contributed by atoms with E-state index in [1.165, 1.54) is 6.07 Å². The molecule has 1 aliphatic heterocycles. The van der Waals surface area contributed by atoms with E-state index in [9.17, 15) is 14.3 Å². The van der Waals surface area contributed by atoms with E-state index in [-0.39, 0.29) is 13.2 Å². The number of ether oxygens (including phenoxy) is 1. The third kappa shape index (κ3) is 1.81. The lowest BCUT2D eigenvalue weighted by Crippen LogP contribution is -2.63. The van der Waals surface area contributed by atoms with Crippen molar-refractivity contribution < 1.29 is 19.0 Å². The van der Waals surface area contributed by atoms with Crippen molar-refractivity contribution in [3.8, 4) is 0 Å². The van der Waals surface area contributed by atoms with Gasteiger partial charge in [0, 0.05) is 5.56 Å². The molecule has 5 heteroatoms. The first-order valence-corrected chi connectivity index (χ1v) is 5.34. The average molecular weight is 239 g/mol. The van der Waals surface area contributed by atoms with E-state index < -0.39 is 23.2 Å². The molecule has 0 radical (unpaired) electrons. The van der Waals surface area contributed by atoms with Crippen LogP contribution < -0.4 is 5.32 Å². The summed E-state index contributed by atoms with van der Waals surface area (Å²) in [7, 11) is 1.56. The Kier molecular flexibility index (Phi) is 3.13. The monoisotopic (exact) mass is 239 g/mol. The van der Waals surface area contributed by atoms with Gasteiger partial charge in [-0.25, -0.2) is 4.39 Å². The summed E-state index contributed by atoms with van der Waals surface area (Å²) in [6.07, 6.45) is 0. The number of carboxylic acid groups (broad SMARTS) is 1. The first-order chi connectivity index (χ1) is 8.12. The van der Waals surface area contributed by atoms with Crippen LogP contribution in [0.2, 0.25) is 0 Å². The molecule has 0 bridgehead atoms. The van der Waals surface area contributed by atoms with Crippen molar-refractivity contribution in [1.82, 2.24) is 5.32 Å². The number of carbonyl (C=O) groups is 1. The molecule has 1 aromatic carbocycles. The van der Waals surface area contributed by atoms with Gasteiger partial charge >= 0.3 is 5.97 Å². The minimum absolute atomic E-state index is 0.214. The van der Waals surface area contributed by atoms with E-state index in [2.05, 4.69) is 5.32 Å². The fourth-order valence-electron chi connectivity index (χ4n) is 2.30. The predicted octanol–water partition coefficient (Wildman–Crippen LogP) is 0.766. The highest BCUT2D eigenvalue weighted by molar-refractivity contribution is 5.76. The summed E-state index contributed by atoms with van der Waals surface area (Å²) >= 11 is 0. The SMILES string of the molecule is CNC(C(=O)O)C1(c2ccccc2F)COC1. The van der Waals surface area contributed by atoms with E-state index in [0.717, 1.165) is 0 Å². The molecule has 1 heterocycles. The minimum atomic E-state index is -1.00. The number of hydrogen-bond acceptors (Lipinski definition) is 3. The lowest BCUT2D eigenvalue weighted by Gasteiger charge is -2.45. The molecule has 0 amide bonds. The Hall–Kier alpha value is -1.46. The van der Waals surface area contributed by atoms with Gasteiger partial charge in [0.05, 0.1) is 18.6 Å². The van der Waals surface area contributed by atoms with Gasteiger partial charge in [-0.1, -0.05) is 18.2 Å². The number of hydrogen-bond donors (Lipinski definition) is 2. The third-order valence-corrected chi connectivity index (χ3v) is 3.22. The van der Waals surface area contributed by atoms with Crippen LogP contribution in [0.3, 0.4) is 0 Å². The molecule has 1 atom stereocenters. The molecule has 92 valence electrons. The van der Waals surface area contributed by atoms with Crippen LogP contribution in [-0.2, 0) is 14.9 Å². The van der Waals surface area contributed by atoms with Gasteiger partial charge in [0.2, 0.25) is 0 Å². The second-order valence-corrected chi connectivity index (χ2v) is 4.19. The van der Waals surface area contributed by atoms with E-state index in [4.69, 9.17) is 4.74 Å². The Morgan fingerprint density at radius 1 is 1.53 bits per heavy atom. The number of likely N-dealkylation sites (N-methyl/N-ethyl adjacent to an activating group) is 1. The van der Waals surface area contributed by atoms with Crippen molar-refractivity contribution in [3.05, 3.63) is 35.6 Å². The predicted molar refractivity (Wildman–Crippen MR) is 59.4 cm³/mol. The standard InChI is InChI=1S/C12H14FNO3/c1-14-10(11(15)16)12(6-17-7-12)8-4-2-3-5-9(8)13/h2-5,10,14H,6-7H2,1H3,(H,15,16). The van der Waals surface area contributed by atoms with Crippen molar-refractivity contribution in [2.75, 3.05) is 20.3 Å². The molecule has 0 aliphatic carbocycles. The van der Waals surface area contributed by atoms with Gasteiger partial charge in [-0.3, -0.25) is 4.79 Å². The fourth-order valence-corrected chi connectivity index (χ4v) is 2.30. The number of carboxylic acids is 1. The Morgan fingerprint density at radius 3 is 2.59 bits per heavy atom. The molecule has 1 unspecified atom stereocenters. The van der Waals surface area contributed by atoms with Crippen molar-refractivity contribution >= 4 is 5.97 Å². The van der Waals surface area contributed by atoms with Gasteiger partial charge in [-0.15, -0.1) is 0 Å². The molecular formula is C12H14FNO3. The maximum atomic E-state index is 13.8. The maximum Gasteiger partial charge on any atom is 0.321 e. The van der Waals surface area contributed by atoms with Crippen molar-refractivity contribution in [3.63, 3.8) is 0 Å². The second kappa shape index (κ2) is 4.43. The lowest BCUT2D eigenvalue weighted by atomic mass is 9.72. The minimum Gasteiger partial charge on any atom is -0.480 e. The molecule has 0 spiro atoms. The smallest absolute Gasteiger partial charge is 0.321 e. The van der Waals surface area contributed by atoms with Crippen LogP contribution in [0.25, 0.3) is 0 Å². The summed E-state index contributed by atoms with van der Waals surface area (Å²) in [5.74, 6) is -1.39. The largest absolute Gasteiger partial charge is 0.480 e. The van der Waals surface area contributed by atoms with Gasteiger partial charge in [-0.05, 0) is 13.1 Å². The molecule has 17 heavy (non-hydrogen) atoms. The molecule has 0 saturated carbocycles. The summed E-state index contributed by atoms with van der Waals surface area (Å²) < 4.78 is 18.9. The molecular weight excluding hydrogens is 225 g/mol. The first-order valence-electron chi connectivity index (χ1n) is 5.34. The van der Waals surface area contributed by atoms with Gasteiger partial charge < -0.3 is 15.2 Å². The number of halogens is 1. The van der Waals surface area contributed by atoms with E-state index in [1.807, 2.05) is 0 Å². The lowest BCUT2D eigenvalue weighted by molar-refractivity contribution is -0.151.